The van der Waals surface area contributed by atoms with Gasteiger partial charge in [-0.05, 0) is 28.8 Å². The summed E-state index contributed by atoms with van der Waals surface area (Å²) < 4.78 is 0. The molecule has 0 bridgehead atoms. The fourth-order valence-electron chi connectivity index (χ4n) is 2.47. The van der Waals surface area contributed by atoms with Crippen LogP contribution in [0.15, 0.2) is 48.5 Å². The van der Waals surface area contributed by atoms with Crippen LogP contribution in [0.25, 0.3) is 0 Å². The Bertz CT molecular complexity index is 509. The molecule has 0 atom stereocenters. The molecular formula is C15H16N2. The van der Waals surface area contributed by atoms with E-state index in [9.17, 15) is 0 Å². The third-order valence-corrected chi connectivity index (χ3v) is 3.26. The lowest BCUT2D eigenvalue weighted by Crippen LogP contribution is -2.15. The molecule has 0 spiro atoms. The van der Waals surface area contributed by atoms with Crippen LogP contribution in [-0.4, -0.2) is 4.90 Å². The molecule has 2 heteroatoms. The minimum atomic E-state index is 0.846. The predicted molar refractivity (Wildman–Crippen MR) is 70.2 cm³/mol. The van der Waals surface area contributed by atoms with Gasteiger partial charge < -0.3 is 5.73 Å². The molecule has 2 aromatic carbocycles. The van der Waals surface area contributed by atoms with Crippen LogP contribution in [0.5, 0.6) is 0 Å². The fraction of sp³-hybridized carbons (Fsp3) is 0.200. The molecule has 1 heterocycles. The van der Waals surface area contributed by atoms with Crippen molar-refractivity contribution in [2.45, 2.75) is 19.6 Å². The lowest BCUT2D eigenvalue weighted by molar-refractivity contribution is 0.275. The van der Waals surface area contributed by atoms with Crippen molar-refractivity contribution < 1.29 is 0 Å². The minimum absolute atomic E-state index is 0.846. The molecule has 1 aliphatic heterocycles. The highest BCUT2D eigenvalue weighted by Gasteiger charge is 2.17. The van der Waals surface area contributed by atoms with Gasteiger partial charge in [-0.2, -0.15) is 0 Å². The van der Waals surface area contributed by atoms with Crippen molar-refractivity contribution in [2.24, 2.45) is 0 Å². The molecule has 1 aliphatic rings. The molecule has 0 saturated heterocycles. The molecule has 2 nitrogen and oxygen atoms in total. The summed E-state index contributed by atoms with van der Waals surface area (Å²) in [6.45, 7) is 3.07. The predicted octanol–water partition coefficient (Wildman–Crippen LogP) is 2.78. The zero-order chi connectivity index (χ0) is 11.7. The van der Waals surface area contributed by atoms with E-state index in [1.807, 2.05) is 12.1 Å². The first kappa shape index (κ1) is 10.4. The smallest absolute Gasteiger partial charge is 0.0317 e. The fourth-order valence-corrected chi connectivity index (χ4v) is 2.47. The highest BCUT2D eigenvalue weighted by Crippen LogP contribution is 2.24. The normalized spacial score (nSPS) is 14.8. The third-order valence-electron chi connectivity index (χ3n) is 3.26. The summed E-state index contributed by atoms with van der Waals surface area (Å²) in [6, 6.07) is 16.8. The van der Waals surface area contributed by atoms with Crippen LogP contribution in [-0.2, 0) is 19.6 Å². The largest absolute Gasteiger partial charge is 0.399 e. The number of nitrogen functional groups attached to an aromatic ring is 1. The number of hydrogen-bond donors (Lipinski definition) is 1. The number of hydrogen-bond acceptors (Lipinski definition) is 2. The number of nitrogens with two attached hydrogens (primary N) is 1. The van der Waals surface area contributed by atoms with Crippen LogP contribution in [0.3, 0.4) is 0 Å². The number of anilines is 1. The van der Waals surface area contributed by atoms with Gasteiger partial charge in [0.2, 0.25) is 0 Å². The molecule has 0 amide bonds. The van der Waals surface area contributed by atoms with Crippen molar-refractivity contribution >= 4 is 5.69 Å². The van der Waals surface area contributed by atoms with Gasteiger partial charge in [-0.3, -0.25) is 4.90 Å². The zero-order valence-electron chi connectivity index (χ0n) is 9.76. The van der Waals surface area contributed by atoms with E-state index < -0.39 is 0 Å². The topological polar surface area (TPSA) is 29.3 Å². The van der Waals surface area contributed by atoms with Crippen molar-refractivity contribution in [3.63, 3.8) is 0 Å². The van der Waals surface area contributed by atoms with Gasteiger partial charge in [0.05, 0.1) is 0 Å². The van der Waals surface area contributed by atoms with Gasteiger partial charge in [0.1, 0.15) is 0 Å². The Labute approximate surface area is 102 Å². The summed E-state index contributed by atoms with van der Waals surface area (Å²) in [4.78, 5) is 2.44. The Morgan fingerprint density at radius 1 is 0.941 bits per heavy atom. The summed E-state index contributed by atoms with van der Waals surface area (Å²) in [5.41, 5.74) is 10.8. The summed E-state index contributed by atoms with van der Waals surface area (Å²) in [7, 11) is 0. The Morgan fingerprint density at radius 2 is 1.65 bits per heavy atom. The second-order valence-corrected chi connectivity index (χ2v) is 4.66. The first-order valence-electron chi connectivity index (χ1n) is 5.95. The average Bonchev–Trinajstić information content (AvgIpc) is 2.71. The molecule has 17 heavy (non-hydrogen) atoms. The van der Waals surface area contributed by atoms with Crippen LogP contribution in [0.4, 0.5) is 5.69 Å². The second kappa shape index (κ2) is 4.22. The Kier molecular flexibility index (Phi) is 2.57. The average molecular weight is 224 g/mol. The summed E-state index contributed by atoms with van der Waals surface area (Å²) in [5.74, 6) is 0. The highest BCUT2D eigenvalue weighted by molar-refractivity contribution is 5.40. The first-order valence-corrected chi connectivity index (χ1v) is 5.95. The van der Waals surface area contributed by atoms with Crippen molar-refractivity contribution in [2.75, 3.05) is 5.73 Å². The molecular weight excluding hydrogens is 208 g/mol. The summed E-state index contributed by atoms with van der Waals surface area (Å²) in [5, 5.41) is 0. The van der Waals surface area contributed by atoms with Crippen LogP contribution < -0.4 is 5.73 Å². The highest BCUT2D eigenvalue weighted by atomic mass is 15.1. The quantitative estimate of drug-likeness (QED) is 0.795. The summed E-state index contributed by atoms with van der Waals surface area (Å²) in [6.07, 6.45) is 0. The monoisotopic (exact) mass is 224 g/mol. The maximum absolute atomic E-state index is 5.80. The van der Waals surface area contributed by atoms with Crippen molar-refractivity contribution in [3.8, 4) is 0 Å². The molecule has 2 aromatic rings. The van der Waals surface area contributed by atoms with Crippen LogP contribution in [0, 0.1) is 0 Å². The van der Waals surface area contributed by atoms with E-state index in [0.717, 1.165) is 25.3 Å². The number of benzene rings is 2. The maximum Gasteiger partial charge on any atom is 0.0317 e. The summed E-state index contributed by atoms with van der Waals surface area (Å²) >= 11 is 0. The van der Waals surface area contributed by atoms with E-state index in [1.165, 1.54) is 16.7 Å². The van der Waals surface area contributed by atoms with Crippen LogP contribution in [0.2, 0.25) is 0 Å². The van der Waals surface area contributed by atoms with Gasteiger partial charge in [0.15, 0.2) is 0 Å². The van der Waals surface area contributed by atoms with Gasteiger partial charge in [-0.15, -0.1) is 0 Å². The maximum atomic E-state index is 5.80. The molecule has 0 fully saturated rings. The van der Waals surface area contributed by atoms with Gasteiger partial charge in [-0.1, -0.05) is 36.4 Å². The van der Waals surface area contributed by atoms with E-state index in [2.05, 4.69) is 41.3 Å². The van der Waals surface area contributed by atoms with Crippen molar-refractivity contribution in [3.05, 3.63) is 65.2 Å². The standard InChI is InChI=1S/C15H16N2/c16-15-7-3-4-12(8-15)9-17-10-13-5-1-2-6-14(13)11-17/h1-8H,9-11,16H2. The molecule has 0 aliphatic carbocycles. The van der Waals surface area contributed by atoms with Gasteiger partial charge in [0.25, 0.3) is 0 Å². The van der Waals surface area contributed by atoms with E-state index in [-0.39, 0.29) is 0 Å². The lowest BCUT2D eigenvalue weighted by Gasteiger charge is -2.14. The Hall–Kier alpha value is -1.80. The lowest BCUT2D eigenvalue weighted by atomic mass is 10.1. The molecule has 0 saturated carbocycles. The molecule has 3 rings (SSSR count). The third kappa shape index (κ3) is 2.17. The second-order valence-electron chi connectivity index (χ2n) is 4.66. The molecule has 2 N–H and O–H groups in total. The SMILES string of the molecule is Nc1cccc(CN2Cc3ccccc3C2)c1. The number of rotatable bonds is 2. The zero-order valence-corrected chi connectivity index (χ0v) is 9.76. The molecule has 0 aromatic heterocycles. The molecule has 86 valence electrons. The van der Waals surface area contributed by atoms with E-state index in [1.54, 1.807) is 0 Å². The van der Waals surface area contributed by atoms with Gasteiger partial charge in [0, 0.05) is 25.3 Å². The van der Waals surface area contributed by atoms with Crippen LogP contribution in [0.1, 0.15) is 16.7 Å². The number of nitrogens with zero attached hydrogens (tertiary/aromatic N) is 1. The molecule has 0 radical (unpaired) electrons. The minimum Gasteiger partial charge on any atom is -0.399 e. The first-order chi connectivity index (χ1) is 8.31. The van der Waals surface area contributed by atoms with Crippen molar-refractivity contribution in [1.82, 2.24) is 4.90 Å². The number of fused-ring (bicyclic) bond motifs is 1. The van der Waals surface area contributed by atoms with Crippen LogP contribution >= 0.6 is 0 Å². The van der Waals surface area contributed by atoms with Gasteiger partial charge >= 0.3 is 0 Å². The van der Waals surface area contributed by atoms with E-state index in [4.69, 9.17) is 5.73 Å². The van der Waals surface area contributed by atoms with E-state index in [0.29, 0.717) is 0 Å². The Morgan fingerprint density at radius 3 is 2.29 bits per heavy atom. The van der Waals surface area contributed by atoms with E-state index >= 15 is 0 Å². The Balaban J connectivity index is 1.74. The van der Waals surface area contributed by atoms with Gasteiger partial charge in [-0.25, -0.2) is 0 Å². The van der Waals surface area contributed by atoms with Crippen molar-refractivity contribution in [1.29, 1.82) is 0 Å². The molecule has 0 unspecified atom stereocenters.